The van der Waals surface area contributed by atoms with Gasteiger partial charge in [0.15, 0.2) is 0 Å². The van der Waals surface area contributed by atoms with Crippen LogP contribution in [0, 0.1) is 0 Å². The molecule has 24 heavy (non-hydrogen) atoms. The second-order valence-electron chi connectivity index (χ2n) is 4.53. The Morgan fingerprint density at radius 1 is 1.25 bits per heavy atom. The van der Waals surface area contributed by atoms with Gasteiger partial charge in [-0.25, -0.2) is 4.79 Å². The molecule has 1 heterocycles. The van der Waals surface area contributed by atoms with Gasteiger partial charge in [0.2, 0.25) is 0 Å². The van der Waals surface area contributed by atoms with E-state index in [2.05, 4.69) is 15.9 Å². The highest BCUT2D eigenvalue weighted by atomic mass is 79.9. The number of alkyl halides is 3. The van der Waals surface area contributed by atoms with Gasteiger partial charge >= 0.3 is 18.1 Å². The summed E-state index contributed by atoms with van der Waals surface area (Å²) in [4.78, 5) is 23.3. The Morgan fingerprint density at radius 2 is 1.88 bits per heavy atom. The minimum Gasteiger partial charge on any atom is -0.462 e. The fourth-order valence-corrected chi connectivity index (χ4v) is 3.09. The van der Waals surface area contributed by atoms with Crippen LogP contribution >= 0.6 is 27.3 Å². The van der Waals surface area contributed by atoms with Gasteiger partial charge in [0.25, 0.3) is 0 Å². The third-order valence-electron chi connectivity index (χ3n) is 2.91. The molecule has 2 aromatic rings. The van der Waals surface area contributed by atoms with Crippen molar-refractivity contribution in [1.82, 2.24) is 0 Å². The minimum atomic E-state index is -5.05. The Hall–Kier alpha value is -1.87. The number of esters is 1. The Kier molecular flexibility index (Phi) is 5.66. The SMILES string of the molecule is CCOC(=O)c1c(-c2ccc(Br)cc2)csc1NC(=O)C(F)(F)F. The molecule has 0 aliphatic heterocycles. The van der Waals surface area contributed by atoms with E-state index in [0.717, 1.165) is 15.8 Å². The highest BCUT2D eigenvalue weighted by Gasteiger charge is 2.39. The van der Waals surface area contributed by atoms with Gasteiger partial charge in [-0.3, -0.25) is 4.79 Å². The molecule has 0 saturated heterocycles. The zero-order valence-electron chi connectivity index (χ0n) is 12.2. The molecule has 1 N–H and O–H groups in total. The van der Waals surface area contributed by atoms with Crippen LogP contribution in [-0.2, 0) is 9.53 Å². The van der Waals surface area contributed by atoms with Gasteiger partial charge in [-0.15, -0.1) is 11.3 Å². The summed E-state index contributed by atoms with van der Waals surface area (Å²) in [6.07, 6.45) is -5.05. The van der Waals surface area contributed by atoms with E-state index in [1.54, 1.807) is 36.5 Å². The molecule has 0 aliphatic carbocycles. The van der Waals surface area contributed by atoms with E-state index in [4.69, 9.17) is 4.74 Å². The molecule has 0 fully saturated rings. The molecule has 0 atom stereocenters. The number of carbonyl (C=O) groups is 2. The predicted molar refractivity (Wildman–Crippen MR) is 88.1 cm³/mol. The first-order valence-corrected chi connectivity index (χ1v) is 8.34. The van der Waals surface area contributed by atoms with Gasteiger partial charge in [-0.2, -0.15) is 13.2 Å². The van der Waals surface area contributed by atoms with Gasteiger partial charge in [-0.05, 0) is 24.6 Å². The van der Waals surface area contributed by atoms with Crippen molar-refractivity contribution in [3.05, 3.63) is 39.7 Å². The average molecular weight is 422 g/mol. The van der Waals surface area contributed by atoms with Crippen LogP contribution in [0.3, 0.4) is 0 Å². The smallest absolute Gasteiger partial charge is 0.462 e. The van der Waals surface area contributed by atoms with E-state index in [-0.39, 0.29) is 17.2 Å². The summed E-state index contributed by atoms with van der Waals surface area (Å²) in [5, 5.41) is 3.04. The Balaban J connectivity index is 2.47. The van der Waals surface area contributed by atoms with Crippen LogP contribution in [0.5, 0.6) is 0 Å². The van der Waals surface area contributed by atoms with Gasteiger partial charge in [0.05, 0.1) is 6.61 Å². The summed E-state index contributed by atoms with van der Waals surface area (Å²) in [5.41, 5.74) is 0.912. The lowest BCUT2D eigenvalue weighted by Gasteiger charge is -2.10. The second-order valence-corrected chi connectivity index (χ2v) is 6.33. The van der Waals surface area contributed by atoms with Crippen molar-refractivity contribution in [3.8, 4) is 11.1 Å². The summed E-state index contributed by atoms with van der Waals surface area (Å²) >= 11 is 4.11. The van der Waals surface area contributed by atoms with Crippen molar-refractivity contribution in [1.29, 1.82) is 0 Å². The van der Waals surface area contributed by atoms with Crippen LogP contribution in [0.25, 0.3) is 11.1 Å². The molecule has 0 unspecified atom stereocenters. The van der Waals surface area contributed by atoms with E-state index < -0.39 is 18.1 Å². The second kappa shape index (κ2) is 7.35. The van der Waals surface area contributed by atoms with Gasteiger partial charge < -0.3 is 10.1 Å². The highest BCUT2D eigenvalue weighted by Crippen LogP contribution is 2.37. The molecule has 1 amide bonds. The normalized spacial score (nSPS) is 11.2. The van der Waals surface area contributed by atoms with Crippen molar-refractivity contribution in [3.63, 3.8) is 0 Å². The number of thiophene rings is 1. The van der Waals surface area contributed by atoms with Crippen LogP contribution in [0.1, 0.15) is 17.3 Å². The zero-order chi connectivity index (χ0) is 17.9. The first kappa shape index (κ1) is 18.5. The number of benzene rings is 1. The molecule has 0 radical (unpaired) electrons. The monoisotopic (exact) mass is 421 g/mol. The molecule has 4 nitrogen and oxygen atoms in total. The maximum Gasteiger partial charge on any atom is 0.471 e. The van der Waals surface area contributed by atoms with Crippen LogP contribution < -0.4 is 5.32 Å². The summed E-state index contributed by atoms with van der Waals surface area (Å²) < 4.78 is 43.1. The van der Waals surface area contributed by atoms with E-state index >= 15 is 0 Å². The number of hydrogen-bond acceptors (Lipinski definition) is 4. The fourth-order valence-electron chi connectivity index (χ4n) is 1.87. The van der Waals surface area contributed by atoms with Crippen LogP contribution in [0.15, 0.2) is 34.1 Å². The maximum absolute atomic E-state index is 12.5. The summed E-state index contributed by atoms with van der Waals surface area (Å²) in [6.45, 7) is 1.64. The van der Waals surface area contributed by atoms with Crippen molar-refractivity contribution in [2.24, 2.45) is 0 Å². The van der Waals surface area contributed by atoms with Crippen LogP contribution in [0.4, 0.5) is 18.2 Å². The maximum atomic E-state index is 12.5. The highest BCUT2D eigenvalue weighted by molar-refractivity contribution is 9.10. The molecule has 128 valence electrons. The van der Waals surface area contributed by atoms with Crippen molar-refractivity contribution in [2.75, 3.05) is 11.9 Å². The largest absolute Gasteiger partial charge is 0.471 e. The van der Waals surface area contributed by atoms with Crippen molar-refractivity contribution in [2.45, 2.75) is 13.1 Å². The number of anilines is 1. The summed E-state index contributed by atoms with van der Waals surface area (Å²) in [7, 11) is 0. The molecular formula is C15H11BrF3NO3S. The molecule has 1 aromatic heterocycles. The molecule has 0 saturated carbocycles. The van der Waals surface area contributed by atoms with E-state index in [1.807, 2.05) is 0 Å². The van der Waals surface area contributed by atoms with Crippen molar-refractivity contribution < 1.29 is 27.5 Å². The first-order valence-electron chi connectivity index (χ1n) is 6.66. The third kappa shape index (κ3) is 4.15. The lowest BCUT2D eigenvalue weighted by molar-refractivity contribution is -0.167. The molecule has 9 heteroatoms. The Morgan fingerprint density at radius 3 is 2.42 bits per heavy atom. The number of halogens is 4. The van der Waals surface area contributed by atoms with Crippen LogP contribution in [-0.4, -0.2) is 24.7 Å². The van der Waals surface area contributed by atoms with E-state index in [9.17, 15) is 22.8 Å². The quantitative estimate of drug-likeness (QED) is 0.717. The Bertz CT molecular complexity index is 756. The number of amides is 1. The molecule has 1 aromatic carbocycles. The standard InChI is InChI=1S/C15H11BrF3NO3S/c1-2-23-13(21)11-10(8-3-5-9(16)6-4-8)7-24-12(11)20-14(22)15(17,18)19/h3-7H,2H2,1H3,(H,20,22). The number of nitrogens with one attached hydrogen (secondary N) is 1. The first-order chi connectivity index (χ1) is 11.2. The van der Waals surface area contributed by atoms with Crippen molar-refractivity contribution >= 4 is 44.1 Å². The average Bonchev–Trinajstić information content (AvgIpc) is 2.91. The summed E-state index contributed by atoms with van der Waals surface area (Å²) in [6, 6.07) is 6.86. The number of rotatable bonds is 4. The lowest BCUT2D eigenvalue weighted by atomic mass is 10.0. The zero-order valence-corrected chi connectivity index (χ0v) is 14.6. The topological polar surface area (TPSA) is 55.4 Å². The number of carbonyl (C=O) groups excluding carboxylic acids is 2. The molecule has 2 rings (SSSR count). The minimum absolute atomic E-state index is 0.0567. The molecular weight excluding hydrogens is 411 g/mol. The third-order valence-corrected chi connectivity index (χ3v) is 4.33. The van der Waals surface area contributed by atoms with Gasteiger partial charge in [-0.1, -0.05) is 28.1 Å². The van der Waals surface area contributed by atoms with Crippen LogP contribution in [0.2, 0.25) is 0 Å². The fraction of sp³-hybridized carbons (Fsp3) is 0.200. The Labute approximate surface area is 147 Å². The molecule has 0 aliphatic rings. The van der Waals surface area contributed by atoms with E-state index in [1.165, 1.54) is 5.38 Å². The number of hydrogen-bond donors (Lipinski definition) is 1. The predicted octanol–water partition coefficient (Wildman–Crippen LogP) is 4.86. The molecule has 0 spiro atoms. The number of ether oxygens (including phenoxy) is 1. The van der Waals surface area contributed by atoms with Gasteiger partial charge in [0.1, 0.15) is 10.6 Å². The lowest BCUT2D eigenvalue weighted by Crippen LogP contribution is -2.30. The summed E-state index contributed by atoms with van der Waals surface area (Å²) in [5.74, 6) is -2.94. The van der Waals surface area contributed by atoms with E-state index in [0.29, 0.717) is 11.1 Å². The molecule has 0 bridgehead atoms. The van der Waals surface area contributed by atoms with Gasteiger partial charge in [0, 0.05) is 15.4 Å².